The summed E-state index contributed by atoms with van der Waals surface area (Å²) in [7, 11) is 0. The first-order chi connectivity index (χ1) is 11.7. The van der Waals surface area contributed by atoms with Gasteiger partial charge in [-0.3, -0.25) is 14.7 Å². The summed E-state index contributed by atoms with van der Waals surface area (Å²) in [5.74, 6) is -1.17. The predicted octanol–water partition coefficient (Wildman–Crippen LogP) is 3.08. The van der Waals surface area contributed by atoms with Crippen molar-refractivity contribution in [3.8, 4) is 0 Å². The monoisotopic (exact) mass is 491 g/mol. The Kier molecular flexibility index (Phi) is 5.43. The van der Waals surface area contributed by atoms with Crippen LogP contribution in [-0.4, -0.2) is 67.7 Å². The van der Waals surface area contributed by atoms with Gasteiger partial charge in [-0.15, -0.1) is 0 Å². The van der Waals surface area contributed by atoms with Crippen LogP contribution < -0.4 is 0 Å². The van der Waals surface area contributed by atoms with E-state index in [2.05, 4.69) is 5.10 Å². The summed E-state index contributed by atoms with van der Waals surface area (Å²) in [4.78, 5) is 24.9. The van der Waals surface area contributed by atoms with Crippen LogP contribution in [0.2, 0.25) is 0 Å². The van der Waals surface area contributed by atoms with Gasteiger partial charge in [0.15, 0.2) is 0 Å². The number of fused-ring (bicyclic) bond motifs is 1. The molecule has 0 aliphatic carbocycles. The number of aliphatic carboxylic acids is 1. The number of hydrazone groups is 1. The molecule has 0 radical (unpaired) electrons. The van der Waals surface area contributed by atoms with Crippen LogP contribution in [0.1, 0.15) is 34.1 Å². The van der Waals surface area contributed by atoms with E-state index in [1.807, 2.05) is 0 Å². The van der Waals surface area contributed by atoms with Crippen molar-refractivity contribution in [3.63, 3.8) is 0 Å². The Bertz CT molecular complexity index is 635. The van der Waals surface area contributed by atoms with Gasteiger partial charge in [-0.25, -0.2) is 4.79 Å². The zero-order valence-electron chi connectivity index (χ0n) is 14.8. The van der Waals surface area contributed by atoms with Crippen LogP contribution in [0.15, 0.2) is 5.10 Å². The molecule has 11 heteroatoms. The first-order valence-corrected chi connectivity index (χ1v) is 9.13. The molecule has 2 rings (SSSR count). The molecule has 3 unspecified atom stereocenters. The van der Waals surface area contributed by atoms with Crippen LogP contribution in [0.5, 0.6) is 0 Å². The van der Waals surface area contributed by atoms with E-state index in [9.17, 15) is 27.9 Å². The lowest BCUT2D eigenvalue weighted by molar-refractivity contribution is -0.201. The van der Waals surface area contributed by atoms with Gasteiger partial charge in [0.25, 0.3) is 0 Å². The molecule has 7 nitrogen and oxygen atoms in total. The maximum atomic E-state index is 13.5. The second kappa shape index (κ2) is 6.71. The van der Waals surface area contributed by atoms with Crippen LogP contribution in [0, 0.1) is 5.41 Å². The molecule has 3 atom stereocenters. The van der Waals surface area contributed by atoms with Crippen molar-refractivity contribution in [3.05, 3.63) is 0 Å². The zero-order chi connectivity index (χ0) is 20.1. The molecule has 1 fully saturated rings. The number of carbonyl (C=O) groups excluding carboxylic acids is 1. The summed E-state index contributed by atoms with van der Waals surface area (Å²) >= 11 is 1.75. The Hall–Kier alpha value is -1.27. The number of rotatable bonds is 2. The molecule has 0 aromatic heterocycles. The number of carbonyl (C=O) groups is 2. The maximum Gasteiger partial charge on any atom is 0.410 e. The molecule has 0 aromatic carbocycles. The van der Waals surface area contributed by atoms with Crippen molar-refractivity contribution < 1.29 is 32.6 Å². The Labute approximate surface area is 162 Å². The van der Waals surface area contributed by atoms with E-state index in [-0.39, 0.29) is 10.1 Å². The molecule has 0 bridgehead atoms. The summed E-state index contributed by atoms with van der Waals surface area (Å²) < 4.78 is 45.9. The number of carboxylic acids is 1. The summed E-state index contributed by atoms with van der Waals surface area (Å²) in [6, 6.07) is -3.01. The Morgan fingerprint density at radius 1 is 1.35 bits per heavy atom. The second-order valence-electron chi connectivity index (χ2n) is 7.35. The summed E-state index contributed by atoms with van der Waals surface area (Å²) in [5, 5.41) is 15.0. The minimum absolute atomic E-state index is 0.143. The number of ether oxygens (including phenoxy) is 1. The molecule has 26 heavy (non-hydrogen) atoms. The third kappa shape index (κ3) is 3.58. The number of alkyl halides is 3. The molecule has 0 spiro atoms. The molecule has 1 saturated heterocycles. The number of nitrogens with zero attached hydrogens (tertiary/aromatic N) is 3. The normalized spacial score (nSPS) is 29.3. The van der Waals surface area contributed by atoms with E-state index < -0.39 is 54.4 Å². The number of hydrogen-bond donors (Lipinski definition) is 1. The van der Waals surface area contributed by atoms with Gasteiger partial charge in [0, 0.05) is 6.54 Å². The lowest BCUT2D eigenvalue weighted by Gasteiger charge is -2.46. The van der Waals surface area contributed by atoms with Crippen molar-refractivity contribution >= 4 is 38.4 Å². The average molecular weight is 491 g/mol. The first kappa shape index (κ1) is 21.0. The molecular weight excluding hydrogens is 470 g/mol. The fourth-order valence-corrected chi connectivity index (χ4v) is 4.49. The quantitative estimate of drug-likeness (QED) is 0.601. The van der Waals surface area contributed by atoms with Crippen molar-refractivity contribution in [1.29, 1.82) is 0 Å². The van der Waals surface area contributed by atoms with E-state index in [4.69, 9.17) is 4.74 Å². The van der Waals surface area contributed by atoms with E-state index in [1.165, 1.54) is 0 Å². The smallest absolute Gasteiger partial charge is 0.410 e. The molecule has 2 heterocycles. The average Bonchev–Trinajstić information content (AvgIpc) is 2.74. The molecule has 0 saturated carbocycles. The highest BCUT2D eigenvalue weighted by Crippen LogP contribution is 2.45. The standard InChI is InChI=1S/C15H21F3IN3O4/c1-5-14(11(23)24)8-6-21(12(25)26-13(2,3)4)9(15(16,17)18)7-22(8)20-10(14)19/h8-9H,5-7H2,1-4H3,(H,23,24). The highest BCUT2D eigenvalue weighted by atomic mass is 127. The van der Waals surface area contributed by atoms with Crippen molar-refractivity contribution in [2.24, 2.45) is 10.5 Å². The van der Waals surface area contributed by atoms with Crippen molar-refractivity contribution in [2.75, 3.05) is 13.1 Å². The summed E-state index contributed by atoms with van der Waals surface area (Å²) in [6.45, 7) is 5.24. The van der Waals surface area contributed by atoms with Gasteiger partial charge >= 0.3 is 18.2 Å². The van der Waals surface area contributed by atoms with E-state index in [1.54, 1.807) is 50.3 Å². The second-order valence-corrected chi connectivity index (χ2v) is 8.37. The molecule has 0 aromatic rings. The number of amides is 1. The molecule has 148 valence electrons. The van der Waals surface area contributed by atoms with Gasteiger partial charge in [-0.05, 0) is 49.8 Å². The summed E-state index contributed by atoms with van der Waals surface area (Å²) in [6.07, 6.45) is -5.66. The minimum atomic E-state index is -4.69. The fourth-order valence-electron chi connectivity index (χ4n) is 3.24. The largest absolute Gasteiger partial charge is 0.480 e. The highest BCUT2D eigenvalue weighted by molar-refractivity contribution is 14.1. The third-order valence-electron chi connectivity index (χ3n) is 4.56. The molecule has 2 aliphatic heterocycles. The SMILES string of the molecule is CCC1(C(=O)O)C(I)=NN2CC(C(F)(F)F)N(C(=O)OC(C)(C)C)CC21. The Morgan fingerprint density at radius 3 is 2.35 bits per heavy atom. The highest BCUT2D eigenvalue weighted by Gasteiger charge is 2.61. The first-order valence-electron chi connectivity index (χ1n) is 8.05. The van der Waals surface area contributed by atoms with Gasteiger partial charge in [0.1, 0.15) is 20.8 Å². The number of piperazine rings is 1. The van der Waals surface area contributed by atoms with Crippen molar-refractivity contribution in [1.82, 2.24) is 9.91 Å². The van der Waals surface area contributed by atoms with Gasteiger partial charge in [0.2, 0.25) is 0 Å². The predicted molar refractivity (Wildman–Crippen MR) is 95.1 cm³/mol. The third-order valence-corrected chi connectivity index (χ3v) is 5.74. The summed E-state index contributed by atoms with van der Waals surface area (Å²) in [5.41, 5.74) is -2.42. The van der Waals surface area contributed by atoms with Gasteiger partial charge in [-0.1, -0.05) is 6.92 Å². The minimum Gasteiger partial charge on any atom is -0.480 e. The fraction of sp³-hybridized carbons (Fsp3) is 0.800. The van der Waals surface area contributed by atoms with Crippen LogP contribution >= 0.6 is 22.6 Å². The Balaban J connectivity index is 2.42. The Morgan fingerprint density at radius 2 is 1.92 bits per heavy atom. The number of carboxylic acid groups (broad SMARTS) is 1. The molecule has 1 amide bonds. The van der Waals surface area contributed by atoms with Gasteiger partial charge in [-0.2, -0.15) is 18.3 Å². The molecule has 1 N–H and O–H groups in total. The van der Waals surface area contributed by atoms with E-state index in [0.29, 0.717) is 4.90 Å². The van der Waals surface area contributed by atoms with E-state index >= 15 is 0 Å². The molecular formula is C15H21F3IN3O4. The topological polar surface area (TPSA) is 82.4 Å². The van der Waals surface area contributed by atoms with Crippen molar-refractivity contribution in [2.45, 2.75) is 58.0 Å². The molecule has 2 aliphatic rings. The van der Waals surface area contributed by atoms with Gasteiger partial charge in [0.05, 0.1) is 12.6 Å². The van der Waals surface area contributed by atoms with Gasteiger partial charge < -0.3 is 9.84 Å². The maximum absolute atomic E-state index is 13.5. The van der Waals surface area contributed by atoms with Crippen LogP contribution in [0.4, 0.5) is 18.0 Å². The number of halogens is 4. The lowest BCUT2D eigenvalue weighted by Crippen LogP contribution is -2.66. The zero-order valence-corrected chi connectivity index (χ0v) is 17.0. The van der Waals surface area contributed by atoms with Crippen LogP contribution in [0.25, 0.3) is 0 Å². The van der Waals surface area contributed by atoms with Crippen LogP contribution in [-0.2, 0) is 9.53 Å². The number of hydrogen-bond acceptors (Lipinski definition) is 5. The van der Waals surface area contributed by atoms with Crippen LogP contribution in [0.3, 0.4) is 0 Å². The van der Waals surface area contributed by atoms with E-state index in [0.717, 1.165) is 5.01 Å². The lowest BCUT2D eigenvalue weighted by atomic mass is 9.78.